The highest BCUT2D eigenvalue weighted by Crippen LogP contribution is 2.32. The van der Waals surface area contributed by atoms with Crippen LogP contribution in [0, 0.1) is 11.3 Å². The van der Waals surface area contributed by atoms with Crippen LogP contribution in [-0.2, 0) is 5.88 Å². The number of benzene rings is 4. The van der Waals surface area contributed by atoms with Gasteiger partial charge < -0.3 is 0 Å². The van der Waals surface area contributed by atoms with Gasteiger partial charge in [-0.15, -0.1) is 11.6 Å². The summed E-state index contributed by atoms with van der Waals surface area (Å²) < 4.78 is 0. The van der Waals surface area contributed by atoms with Gasteiger partial charge >= 0.3 is 0 Å². The first-order chi connectivity index (χ1) is 15.2. The number of hydrogen-bond acceptors (Lipinski definition) is 1. The van der Waals surface area contributed by atoms with E-state index in [0.29, 0.717) is 5.88 Å². The maximum Gasteiger partial charge on any atom is 0.0700 e. The Labute approximate surface area is 191 Å². The molecule has 1 nitrogen and oxygen atoms in total. The van der Waals surface area contributed by atoms with E-state index in [4.69, 9.17) is 16.9 Å². The van der Waals surface area contributed by atoms with Crippen molar-refractivity contribution >= 4 is 35.4 Å². The fraction of sp³-hybridized carbons (Fsp3) is 0.107. The third kappa shape index (κ3) is 6.53. The SMILES string of the molecule is CC(C#N)c1ccc(CCl)cc1.c1ccc(P(c2ccccc2)c2ccccc2)cc1. The molecule has 4 rings (SSSR count). The second-order valence-electron chi connectivity index (χ2n) is 7.07. The molecule has 4 aromatic carbocycles. The zero-order valence-electron chi connectivity index (χ0n) is 17.5. The Morgan fingerprint density at radius 3 is 1.39 bits per heavy atom. The number of nitrogens with zero attached hydrogens (tertiary/aromatic N) is 1. The predicted molar refractivity (Wildman–Crippen MR) is 135 cm³/mol. The van der Waals surface area contributed by atoms with Crippen LogP contribution < -0.4 is 15.9 Å². The van der Waals surface area contributed by atoms with Crippen molar-refractivity contribution in [1.29, 1.82) is 5.26 Å². The van der Waals surface area contributed by atoms with Gasteiger partial charge in [0, 0.05) is 5.88 Å². The lowest BCUT2D eigenvalue weighted by molar-refractivity contribution is 0.980. The van der Waals surface area contributed by atoms with Crippen molar-refractivity contribution in [2.24, 2.45) is 0 Å². The molecule has 0 radical (unpaired) electrons. The topological polar surface area (TPSA) is 23.8 Å². The molecule has 0 aromatic heterocycles. The van der Waals surface area contributed by atoms with Crippen LogP contribution in [0.15, 0.2) is 115 Å². The third-order valence-electron chi connectivity index (χ3n) is 4.87. The standard InChI is InChI=1S/C18H15P.C10H10ClN/c1-4-10-16(11-5-1)19(17-12-6-2-7-13-17)18-14-8-3-9-15-18;1-8(7-12)10-4-2-9(6-11)3-5-10/h1-15H;2-5,8H,6H2,1H3. The van der Waals surface area contributed by atoms with Gasteiger partial charge in [-0.3, -0.25) is 0 Å². The summed E-state index contributed by atoms with van der Waals surface area (Å²) >= 11 is 5.63. The average Bonchev–Trinajstić information content (AvgIpc) is 2.86. The fourth-order valence-electron chi connectivity index (χ4n) is 3.15. The minimum Gasteiger partial charge on any atom is -0.198 e. The maximum atomic E-state index is 8.64. The molecule has 0 heterocycles. The molecule has 1 unspecified atom stereocenters. The molecule has 0 aliphatic heterocycles. The first kappa shape index (κ1) is 22.8. The van der Waals surface area contributed by atoms with Gasteiger partial charge in [0.05, 0.1) is 12.0 Å². The summed E-state index contributed by atoms with van der Waals surface area (Å²) in [7, 11) is -0.446. The molecule has 0 N–H and O–H groups in total. The number of nitriles is 1. The van der Waals surface area contributed by atoms with Gasteiger partial charge in [-0.05, 0) is 41.9 Å². The highest BCUT2D eigenvalue weighted by Gasteiger charge is 2.15. The first-order valence-electron chi connectivity index (χ1n) is 10.2. The van der Waals surface area contributed by atoms with E-state index in [1.807, 2.05) is 31.2 Å². The minimum atomic E-state index is -0.446. The maximum absolute atomic E-state index is 8.64. The smallest absolute Gasteiger partial charge is 0.0700 e. The number of alkyl halides is 1. The van der Waals surface area contributed by atoms with Crippen LogP contribution in [0.4, 0.5) is 0 Å². The molecule has 3 heteroatoms. The van der Waals surface area contributed by atoms with E-state index in [2.05, 4.69) is 97.1 Å². The number of rotatable bonds is 5. The summed E-state index contributed by atoms with van der Waals surface area (Å²) in [5, 5.41) is 12.8. The van der Waals surface area contributed by atoms with Gasteiger partial charge in [0.25, 0.3) is 0 Å². The van der Waals surface area contributed by atoms with E-state index < -0.39 is 7.92 Å². The molecule has 0 saturated carbocycles. The fourth-order valence-corrected chi connectivity index (χ4v) is 5.63. The summed E-state index contributed by atoms with van der Waals surface area (Å²) in [5.41, 5.74) is 2.14. The van der Waals surface area contributed by atoms with E-state index in [1.54, 1.807) is 0 Å². The van der Waals surface area contributed by atoms with Gasteiger partial charge in [0.15, 0.2) is 0 Å². The van der Waals surface area contributed by atoms with E-state index >= 15 is 0 Å². The van der Waals surface area contributed by atoms with Crippen molar-refractivity contribution in [3.8, 4) is 6.07 Å². The van der Waals surface area contributed by atoms with Gasteiger partial charge in [-0.25, -0.2) is 0 Å². The molecule has 0 aliphatic carbocycles. The van der Waals surface area contributed by atoms with E-state index in [1.165, 1.54) is 15.9 Å². The van der Waals surface area contributed by atoms with Crippen LogP contribution in [0.2, 0.25) is 0 Å². The van der Waals surface area contributed by atoms with Crippen LogP contribution >= 0.6 is 19.5 Å². The van der Waals surface area contributed by atoms with Crippen molar-refractivity contribution in [2.75, 3.05) is 0 Å². The Balaban J connectivity index is 0.000000196. The Bertz CT molecular complexity index is 981. The number of halogens is 1. The van der Waals surface area contributed by atoms with Crippen molar-refractivity contribution < 1.29 is 0 Å². The third-order valence-corrected chi connectivity index (χ3v) is 7.62. The second kappa shape index (κ2) is 12.1. The van der Waals surface area contributed by atoms with Crippen LogP contribution in [0.1, 0.15) is 24.0 Å². The lowest BCUT2D eigenvalue weighted by Gasteiger charge is -2.18. The summed E-state index contributed by atoms with van der Waals surface area (Å²) in [6.45, 7) is 1.88. The summed E-state index contributed by atoms with van der Waals surface area (Å²) in [6.07, 6.45) is 0. The molecule has 0 spiro atoms. The molecule has 1 atom stereocenters. The van der Waals surface area contributed by atoms with E-state index in [9.17, 15) is 0 Å². The van der Waals surface area contributed by atoms with E-state index in [0.717, 1.165) is 11.1 Å². The molecule has 0 saturated heterocycles. The summed E-state index contributed by atoms with van der Waals surface area (Å²) in [6, 6.07) is 42.3. The largest absolute Gasteiger partial charge is 0.198 e. The van der Waals surface area contributed by atoms with Crippen molar-refractivity contribution in [3.05, 3.63) is 126 Å². The summed E-state index contributed by atoms with van der Waals surface area (Å²) in [5.74, 6) is 0.496. The van der Waals surface area contributed by atoms with Crippen molar-refractivity contribution in [1.82, 2.24) is 0 Å². The van der Waals surface area contributed by atoms with Gasteiger partial charge in [-0.1, -0.05) is 115 Å². The van der Waals surface area contributed by atoms with Crippen LogP contribution in [0.3, 0.4) is 0 Å². The Morgan fingerprint density at radius 1 is 0.677 bits per heavy atom. The lowest BCUT2D eigenvalue weighted by Crippen LogP contribution is -2.20. The van der Waals surface area contributed by atoms with Crippen LogP contribution in [0.25, 0.3) is 0 Å². The molecule has 4 aromatic rings. The quantitative estimate of drug-likeness (QED) is 0.256. The lowest BCUT2D eigenvalue weighted by atomic mass is 10.0. The summed E-state index contributed by atoms with van der Waals surface area (Å²) in [4.78, 5) is 0. The van der Waals surface area contributed by atoms with E-state index in [-0.39, 0.29) is 5.92 Å². The average molecular weight is 442 g/mol. The van der Waals surface area contributed by atoms with Gasteiger partial charge in [-0.2, -0.15) is 5.26 Å². The highest BCUT2D eigenvalue weighted by atomic mass is 35.5. The monoisotopic (exact) mass is 441 g/mol. The Morgan fingerprint density at radius 2 is 1.06 bits per heavy atom. The Kier molecular flexibility index (Phi) is 8.86. The zero-order valence-corrected chi connectivity index (χ0v) is 19.2. The van der Waals surface area contributed by atoms with Gasteiger partial charge in [0.1, 0.15) is 0 Å². The van der Waals surface area contributed by atoms with Crippen molar-refractivity contribution in [2.45, 2.75) is 18.7 Å². The minimum absolute atomic E-state index is 0.0330. The molecular weight excluding hydrogens is 417 g/mol. The van der Waals surface area contributed by atoms with Crippen LogP contribution in [0.5, 0.6) is 0 Å². The molecular formula is C28H25ClNP. The first-order valence-corrected chi connectivity index (χ1v) is 12.1. The second-order valence-corrected chi connectivity index (χ2v) is 9.56. The highest BCUT2D eigenvalue weighted by molar-refractivity contribution is 7.79. The zero-order chi connectivity index (χ0) is 21.9. The normalized spacial score (nSPS) is 11.2. The molecule has 0 amide bonds. The van der Waals surface area contributed by atoms with Crippen LogP contribution in [-0.4, -0.2) is 0 Å². The molecule has 0 bridgehead atoms. The molecule has 0 fully saturated rings. The predicted octanol–water partition coefficient (Wildman–Crippen LogP) is 6.50. The molecule has 31 heavy (non-hydrogen) atoms. The number of hydrogen-bond donors (Lipinski definition) is 0. The van der Waals surface area contributed by atoms with Crippen molar-refractivity contribution in [3.63, 3.8) is 0 Å². The molecule has 154 valence electrons. The Hall–Kier alpha value is -2.91. The van der Waals surface area contributed by atoms with Gasteiger partial charge in [0.2, 0.25) is 0 Å². The molecule has 0 aliphatic rings.